The number of amides is 1. The average molecular weight is 1910 g/mol. The number of alkyl carbamates (subject to hydrolysis) is 1. The van der Waals surface area contributed by atoms with Crippen LogP contribution >= 0.6 is 0 Å². The number of hydrogen-bond acceptors (Lipinski definition) is 13. The van der Waals surface area contributed by atoms with E-state index in [0.717, 1.165) is 153 Å². The Morgan fingerprint density at radius 2 is 0.746 bits per heavy atom. The van der Waals surface area contributed by atoms with Gasteiger partial charge < -0.3 is 46.6 Å². The van der Waals surface area contributed by atoms with Crippen LogP contribution in [0.15, 0.2) is 46.5 Å². The number of carboxylic acid groups (broad SMARTS) is 2. The van der Waals surface area contributed by atoms with Crippen LogP contribution in [0.2, 0.25) is 0 Å². The van der Waals surface area contributed by atoms with Gasteiger partial charge in [-0.15, -0.1) is 5.10 Å². The number of aliphatic hydroxyl groups is 1. The van der Waals surface area contributed by atoms with E-state index in [1.165, 1.54) is 163 Å². The number of carboxylic acids is 2. The van der Waals surface area contributed by atoms with Crippen molar-refractivity contribution in [1.82, 2.24) is 20.3 Å². The molecule has 2 unspecified atom stereocenters. The molecule has 1 heterocycles. The van der Waals surface area contributed by atoms with Crippen molar-refractivity contribution in [3.05, 3.63) is 36.5 Å². The molecule has 1 aromatic heterocycles. The molecule has 17 heteroatoms. The van der Waals surface area contributed by atoms with Gasteiger partial charge >= 0.3 is 18.0 Å². The summed E-state index contributed by atoms with van der Waals surface area (Å²) in [6.07, 6.45) is 71.7. The van der Waals surface area contributed by atoms with Crippen LogP contribution in [-0.4, -0.2) is 111 Å². The van der Waals surface area contributed by atoms with Crippen molar-refractivity contribution in [2.24, 2.45) is 197 Å². The van der Waals surface area contributed by atoms with Crippen LogP contribution in [0.1, 0.15) is 444 Å². The molecule has 2 aromatic rings. The Hall–Kier alpha value is -5.05. The van der Waals surface area contributed by atoms with Crippen molar-refractivity contribution in [1.29, 1.82) is 5.26 Å². The number of nitriles is 1. The maximum Gasteiger partial charge on any atom is 0.408 e. The lowest BCUT2D eigenvalue weighted by Crippen LogP contribution is -2.66. The number of hydrogen-bond donors (Lipinski definition) is 6. The van der Waals surface area contributed by atoms with Crippen LogP contribution < -0.4 is 16.8 Å². The summed E-state index contributed by atoms with van der Waals surface area (Å²) in [4.78, 5) is 51.4. The highest BCUT2D eigenvalue weighted by molar-refractivity contribution is 6.04. The Morgan fingerprint density at radius 1 is 0.457 bits per heavy atom. The smallest absolute Gasteiger partial charge is 0.408 e. The SMILES string of the molecule is C.C.C.C.C.C.C.C.CC(C)(C)OC(=O)NC(C(=O)O)C12CC(C1)C2.CC12CC(C1)C2.CC12CC(C1)C2.CC12CC(C1)C2.CC12CC(C1)C2.CC12CC(C1)C2.CC12CC(C1)C2.CC12CC(C1)C2.CC12CC(C1)C2.CN=C(C#N)C12CC(C1)C2.CN=CC12CC(C1)C2.NC(C(=O)O)C12CC(C1)C2.NCC12CC(C1)C2.O=CC12CC(C1)C2.OCC12CC(C1)C2.c1ccc(-c2cn(C34CC(C3)C4)nn2)cc1. The van der Waals surface area contributed by atoms with Crippen LogP contribution in [0.4, 0.5) is 4.79 Å². The summed E-state index contributed by atoms with van der Waals surface area (Å²) in [5, 5.41) is 46.2. The van der Waals surface area contributed by atoms with Crippen molar-refractivity contribution >= 4 is 36.2 Å². The average Bonchev–Trinajstić information content (AvgIpc) is 1.03. The molecule has 48 saturated carbocycles. The summed E-state index contributed by atoms with van der Waals surface area (Å²) in [5.41, 5.74) is 22.7. The fraction of sp³-hybridized carbons (Fsp3) is 0.876. The number of aliphatic hydroxyl groups excluding tert-OH is 1. The number of nitrogens with two attached hydrogens (primary N) is 2. The van der Waals surface area contributed by atoms with E-state index in [4.69, 9.17) is 31.7 Å². The zero-order valence-corrected chi connectivity index (χ0v) is 83.1. The molecule has 17 nitrogen and oxygen atoms in total. The summed E-state index contributed by atoms with van der Waals surface area (Å²) < 4.78 is 7.18. The molecule has 138 heavy (non-hydrogen) atoms. The fourth-order valence-corrected chi connectivity index (χ4v) is 32.8. The van der Waals surface area contributed by atoms with E-state index in [9.17, 15) is 24.3 Å². The van der Waals surface area contributed by atoms with Gasteiger partial charge in [0, 0.05) is 54.1 Å². The van der Waals surface area contributed by atoms with Gasteiger partial charge in [0.15, 0.2) is 0 Å². The minimum atomic E-state index is -0.964. The molecule has 48 fully saturated rings. The summed E-state index contributed by atoms with van der Waals surface area (Å²) in [6.45, 7) is 25.8. The molecule has 48 aliphatic rings. The highest BCUT2D eigenvalue weighted by Crippen LogP contribution is 2.73. The van der Waals surface area contributed by atoms with Gasteiger partial charge in [0.1, 0.15) is 41.4 Å². The Kier molecular flexibility index (Phi) is 33.1. The number of benzene rings is 1. The van der Waals surface area contributed by atoms with Crippen molar-refractivity contribution in [3.63, 3.8) is 0 Å². The number of nitrogens with one attached hydrogen (secondary N) is 1. The van der Waals surface area contributed by atoms with Crippen LogP contribution in [0.3, 0.4) is 0 Å². The molecule has 0 aliphatic heterocycles. The first-order valence-electron chi connectivity index (χ1n) is 53.5. The summed E-state index contributed by atoms with van der Waals surface area (Å²) >= 11 is 0. The fourth-order valence-electron chi connectivity index (χ4n) is 32.8. The van der Waals surface area contributed by atoms with E-state index in [0.29, 0.717) is 34.3 Å². The first-order valence-corrected chi connectivity index (χ1v) is 53.5. The van der Waals surface area contributed by atoms with Crippen molar-refractivity contribution in [2.75, 3.05) is 27.2 Å². The number of aromatic nitrogens is 3. The molecule has 8 N–H and O–H groups in total. The minimum absolute atomic E-state index is 0. The molecule has 1 amide bonds. The molecule has 50 rings (SSSR count). The van der Waals surface area contributed by atoms with E-state index in [-0.39, 0.29) is 81.1 Å². The van der Waals surface area contributed by atoms with Gasteiger partial charge in [0.2, 0.25) is 0 Å². The third kappa shape index (κ3) is 22.4. The van der Waals surface area contributed by atoms with E-state index in [2.05, 4.69) is 116 Å². The molecule has 2 atom stereocenters. The number of ether oxygens (including phenoxy) is 1. The number of aliphatic imine (C=N–C) groups is 2. The zero-order chi connectivity index (χ0) is 91.9. The number of aliphatic carboxylic acids is 2. The number of carbonyl (C=O) groups excluding carboxylic acids is 2. The number of nitrogens with zero attached hydrogens (tertiary/aromatic N) is 6. The lowest BCUT2D eigenvalue weighted by Gasteiger charge is -2.64. The standard InChI is InChI=1S/C13H13N3.C12H19NO4.C8H10N2.C7H11NO2.C7H11N.C6H11N.C6H10O.C6H8O.8C6H10.8CH4/c1-2-4-11(5-3-1)12-9-16(15-14-12)13-6-10(7-13)8-13;1-11(2,3)17-10(16)13-8(9(14)15)12-4-7(5-12)6-12;1-10-7(5-9)8-2-6(3-8)4-8;8-5(6(9)10)7-1-4(2-7)3-7;1-8-5-7-2-6(3-7)4-7;3*7-4-6-1-5(2-6)3-6;8*1-6-2-5(3-6)4-6;;;;;;;;/h1-5,9-10H,6-8H2;7-8H,4-6H2,1-3H3,(H,13,16)(H,14,15);6H,2-4H2,1H3;4-5H,1-3,8H2,(H,9,10);5-6H,2-4H2,1H3;5H,1-4,7H2;5,7H,1-4H2;4-5H,1-3H2;8*5H,2-4H2,1H3;8*1H4. The van der Waals surface area contributed by atoms with Crippen molar-refractivity contribution < 1.29 is 39.2 Å². The first kappa shape index (κ1) is 113. The number of aldehydes is 1. The van der Waals surface area contributed by atoms with E-state index in [1.807, 2.05) is 25.2 Å². The summed E-state index contributed by atoms with van der Waals surface area (Å²) in [7, 11) is 3.60. The predicted octanol–water partition coefficient (Wildman–Crippen LogP) is 29.3. The van der Waals surface area contributed by atoms with Crippen molar-refractivity contribution in [3.8, 4) is 17.3 Å². The Labute approximate surface area is 841 Å². The third-order valence-electron chi connectivity index (χ3n) is 42.2. The van der Waals surface area contributed by atoms with Gasteiger partial charge in [-0.25, -0.2) is 14.3 Å². The summed E-state index contributed by atoms with van der Waals surface area (Å²) in [6, 6.07) is 11.0. The molecular formula is C121H205N9O8. The Morgan fingerprint density at radius 3 is 0.877 bits per heavy atom. The van der Waals surface area contributed by atoms with Crippen LogP contribution in [0.5, 0.6) is 0 Å². The normalized spacial score (nSPS) is 46.9. The van der Waals surface area contributed by atoms with Crippen LogP contribution in [0, 0.1) is 187 Å². The molecular weight excluding hydrogens is 1710 g/mol. The predicted molar refractivity (Wildman–Crippen MR) is 569 cm³/mol. The maximum atomic E-state index is 11.6. The third-order valence-corrected chi connectivity index (χ3v) is 42.2. The lowest BCUT2D eigenvalue weighted by molar-refractivity contribution is -0.169. The minimum Gasteiger partial charge on any atom is -0.480 e. The molecule has 0 saturated heterocycles. The van der Waals surface area contributed by atoms with Gasteiger partial charge in [0.05, 0.1) is 11.7 Å². The van der Waals surface area contributed by atoms with Gasteiger partial charge in [0.25, 0.3) is 0 Å². The number of carbonyl (C=O) groups is 4. The van der Waals surface area contributed by atoms with Crippen molar-refractivity contribution in [2.45, 2.75) is 467 Å². The second-order valence-electron chi connectivity index (χ2n) is 57.3. The largest absolute Gasteiger partial charge is 0.480 e. The van der Waals surface area contributed by atoms with Gasteiger partial charge in [-0.2, -0.15) is 5.26 Å². The molecule has 32 bridgehead atoms. The maximum absolute atomic E-state index is 11.6. The second kappa shape index (κ2) is 40.3. The van der Waals surface area contributed by atoms with Gasteiger partial charge in [-0.1, -0.05) is 150 Å². The van der Waals surface area contributed by atoms with Crippen LogP contribution in [-0.2, 0) is 24.7 Å². The molecule has 782 valence electrons. The van der Waals surface area contributed by atoms with E-state index < -0.39 is 35.7 Å². The van der Waals surface area contributed by atoms with E-state index in [1.54, 1.807) is 182 Å². The van der Waals surface area contributed by atoms with Crippen LogP contribution in [0.25, 0.3) is 11.3 Å². The molecule has 0 radical (unpaired) electrons. The van der Waals surface area contributed by atoms with Gasteiger partial charge in [-0.05, 0) is 490 Å². The molecule has 1 aromatic carbocycles. The van der Waals surface area contributed by atoms with E-state index >= 15 is 0 Å². The van der Waals surface area contributed by atoms with Gasteiger partial charge in [-0.3, -0.25) is 9.79 Å². The summed E-state index contributed by atoms with van der Waals surface area (Å²) in [5.74, 6) is 15.2. The Balaban J connectivity index is 0.000000142. The second-order valence-corrected chi connectivity index (χ2v) is 57.3. The monoisotopic (exact) mass is 1910 g/mol. The highest BCUT2D eigenvalue weighted by Gasteiger charge is 2.67. The highest BCUT2D eigenvalue weighted by atomic mass is 16.6. The number of rotatable bonds is 12. The quantitative estimate of drug-likeness (QED) is 0.0853. The zero-order valence-electron chi connectivity index (χ0n) is 83.1. The lowest BCUT2D eigenvalue weighted by atomic mass is 9.42. The Bertz CT molecular complexity index is 4040. The molecule has 48 aliphatic carbocycles. The first-order chi connectivity index (χ1) is 61.2. The molecule has 0 spiro atoms. The topological polar surface area (TPSA) is 281 Å².